The number of benzene rings is 2. The van der Waals surface area contributed by atoms with E-state index < -0.39 is 0 Å². The number of amides is 1. The Balaban J connectivity index is 1.14. The first-order valence-corrected chi connectivity index (χ1v) is 13.4. The minimum atomic E-state index is 0.0636. The van der Waals surface area contributed by atoms with Crippen LogP contribution in [0.25, 0.3) is 33.7 Å². The predicted octanol–water partition coefficient (Wildman–Crippen LogP) is 2.59. The number of carbonyl (C=O) groups is 1. The van der Waals surface area contributed by atoms with Gasteiger partial charge < -0.3 is 24.3 Å². The van der Waals surface area contributed by atoms with Gasteiger partial charge in [0, 0.05) is 55.5 Å². The van der Waals surface area contributed by atoms with E-state index in [4.69, 9.17) is 9.72 Å². The van der Waals surface area contributed by atoms with Gasteiger partial charge in [0.2, 0.25) is 0 Å². The summed E-state index contributed by atoms with van der Waals surface area (Å²) < 4.78 is 6.18. The molecular weight excluding hydrogens is 492 g/mol. The van der Waals surface area contributed by atoms with Crippen molar-refractivity contribution in [1.29, 1.82) is 0 Å². The summed E-state index contributed by atoms with van der Waals surface area (Å²) in [4.78, 5) is 31.2. The van der Waals surface area contributed by atoms with Crippen molar-refractivity contribution in [1.82, 2.24) is 34.9 Å². The third-order valence-corrected chi connectivity index (χ3v) is 8.25. The fourth-order valence-corrected chi connectivity index (χ4v) is 5.73. The smallest absolute Gasteiger partial charge is 0.253 e. The molecule has 0 bridgehead atoms. The lowest BCUT2D eigenvalue weighted by Crippen LogP contribution is -2.59. The average Bonchev–Trinajstić information content (AvgIpc) is 3.35. The highest BCUT2D eigenvalue weighted by molar-refractivity contribution is 5.96. The summed E-state index contributed by atoms with van der Waals surface area (Å²) in [5.74, 6) is 0.954. The molecule has 2 fully saturated rings. The Morgan fingerprint density at radius 2 is 1.85 bits per heavy atom. The van der Waals surface area contributed by atoms with Crippen molar-refractivity contribution in [2.75, 3.05) is 65.4 Å². The highest BCUT2D eigenvalue weighted by Gasteiger charge is 2.33. The Labute approximate surface area is 227 Å². The van der Waals surface area contributed by atoms with Gasteiger partial charge in [0.25, 0.3) is 5.91 Å². The summed E-state index contributed by atoms with van der Waals surface area (Å²) in [6.45, 7) is 5.27. The van der Waals surface area contributed by atoms with Gasteiger partial charge in [-0.25, -0.2) is 9.97 Å². The molecule has 0 radical (unpaired) electrons. The maximum Gasteiger partial charge on any atom is 0.253 e. The molecule has 2 aromatic carbocycles. The number of piperazine rings is 1. The summed E-state index contributed by atoms with van der Waals surface area (Å²) in [6.07, 6.45) is 1.76. The Bertz CT molecular complexity index is 1540. The lowest BCUT2D eigenvalue weighted by molar-refractivity contribution is 0.0399. The van der Waals surface area contributed by atoms with Crippen LogP contribution in [0.1, 0.15) is 10.4 Å². The topological polar surface area (TPSA) is 93.7 Å². The average molecular weight is 525 g/mol. The van der Waals surface area contributed by atoms with Crippen LogP contribution in [-0.4, -0.2) is 113 Å². The fourth-order valence-electron chi connectivity index (χ4n) is 5.73. The molecule has 1 amide bonds. The number of carbonyl (C=O) groups excluding carboxylic acids is 1. The van der Waals surface area contributed by atoms with Crippen LogP contribution in [-0.2, 0) is 0 Å². The standard InChI is InChI=1S/C29H32N8O2/c1-34(2)21-15-36(16-21)29(38)19-6-4-18(5-7-19)26-27-28(33-32-26)30-13-23(31-27)20-8-9-24-25(12-20)39-17-22-14-35(3)10-11-37(22)24/h4-9,12-13,21-22H,10-11,14-17H2,1-3H3,(H,30,32,33). The summed E-state index contributed by atoms with van der Waals surface area (Å²) in [7, 11) is 6.26. The summed E-state index contributed by atoms with van der Waals surface area (Å²) >= 11 is 0. The van der Waals surface area contributed by atoms with E-state index in [1.807, 2.05) is 43.3 Å². The zero-order chi connectivity index (χ0) is 26.7. The largest absolute Gasteiger partial charge is 0.489 e. The lowest BCUT2D eigenvalue weighted by atomic mass is 10.0. The van der Waals surface area contributed by atoms with Crippen LogP contribution in [0.5, 0.6) is 5.75 Å². The van der Waals surface area contributed by atoms with Gasteiger partial charge in [0.15, 0.2) is 5.65 Å². The van der Waals surface area contributed by atoms with E-state index in [1.165, 1.54) is 0 Å². The third kappa shape index (κ3) is 4.20. The molecule has 0 aliphatic carbocycles. The predicted molar refractivity (Wildman–Crippen MR) is 150 cm³/mol. The summed E-state index contributed by atoms with van der Waals surface area (Å²) in [5.41, 5.74) is 6.48. The second-order valence-electron chi connectivity index (χ2n) is 11.0. The molecule has 3 aliphatic rings. The first kappa shape index (κ1) is 24.1. The van der Waals surface area contributed by atoms with Crippen molar-refractivity contribution in [2.45, 2.75) is 12.1 Å². The second-order valence-corrected chi connectivity index (χ2v) is 11.0. The van der Waals surface area contributed by atoms with Crippen LogP contribution < -0.4 is 9.64 Å². The third-order valence-electron chi connectivity index (χ3n) is 8.25. The number of H-pyrrole nitrogens is 1. The molecule has 0 saturated carbocycles. The number of hydrogen-bond donors (Lipinski definition) is 1. The number of nitrogens with one attached hydrogen (secondary N) is 1. The number of fused-ring (bicyclic) bond motifs is 4. The molecule has 1 unspecified atom stereocenters. The Kier molecular flexibility index (Phi) is 5.75. The van der Waals surface area contributed by atoms with Crippen LogP contribution in [0.4, 0.5) is 5.69 Å². The number of nitrogens with zero attached hydrogens (tertiary/aromatic N) is 7. The number of hydrogen-bond acceptors (Lipinski definition) is 8. The number of ether oxygens (including phenoxy) is 1. The molecule has 39 heavy (non-hydrogen) atoms. The van der Waals surface area contributed by atoms with Crippen LogP contribution in [0.3, 0.4) is 0 Å². The summed E-state index contributed by atoms with van der Waals surface area (Å²) in [5, 5.41) is 7.46. The van der Waals surface area contributed by atoms with Crippen LogP contribution in [0, 0.1) is 0 Å². The van der Waals surface area contributed by atoms with E-state index in [0.717, 1.165) is 66.7 Å². The molecule has 200 valence electrons. The molecule has 1 atom stereocenters. The SMILES string of the molecule is CN1CCN2c3ccc(-c4cnc5n[nH]c(-c6ccc(C(=O)N7CC(N(C)C)C7)cc6)c5n4)cc3OCC2C1. The van der Waals surface area contributed by atoms with Crippen molar-refractivity contribution in [3.8, 4) is 28.3 Å². The second kappa shape index (κ2) is 9.32. The number of rotatable bonds is 4. The quantitative estimate of drug-likeness (QED) is 0.436. The molecule has 5 heterocycles. The zero-order valence-corrected chi connectivity index (χ0v) is 22.5. The van der Waals surface area contributed by atoms with Crippen molar-refractivity contribution in [3.63, 3.8) is 0 Å². The van der Waals surface area contributed by atoms with Crippen molar-refractivity contribution in [2.24, 2.45) is 0 Å². The highest BCUT2D eigenvalue weighted by atomic mass is 16.5. The number of aromatic amines is 1. The Morgan fingerprint density at radius 3 is 2.64 bits per heavy atom. The molecule has 0 spiro atoms. The first-order chi connectivity index (χ1) is 18.9. The monoisotopic (exact) mass is 524 g/mol. The lowest BCUT2D eigenvalue weighted by Gasteiger charge is -2.44. The van der Waals surface area contributed by atoms with E-state index in [2.05, 4.69) is 55.1 Å². The Morgan fingerprint density at radius 1 is 1.05 bits per heavy atom. The van der Waals surface area contributed by atoms with Crippen LogP contribution in [0.2, 0.25) is 0 Å². The number of anilines is 1. The molecule has 4 aromatic rings. The van der Waals surface area contributed by atoms with Gasteiger partial charge >= 0.3 is 0 Å². The maximum atomic E-state index is 12.9. The van der Waals surface area contributed by atoms with Gasteiger partial charge in [-0.2, -0.15) is 5.10 Å². The molecule has 1 N–H and O–H groups in total. The minimum absolute atomic E-state index is 0.0636. The van der Waals surface area contributed by atoms with Gasteiger partial charge in [0.05, 0.1) is 29.3 Å². The Hall–Kier alpha value is -4.02. The molecule has 10 heteroatoms. The van der Waals surface area contributed by atoms with E-state index in [-0.39, 0.29) is 5.91 Å². The minimum Gasteiger partial charge on any atom is -0.489 e. The van der Waals surface area contributed by atoms with Crippen molar-refractivity contribution < 1.29 is 9.53 Å². The molecule has 2 saturated heterocycles. The fraction of sp³-hybridized carbons (Fsp3) is 0.379. The molecule has 2 aromatic heterocycles. The van der Waals surface area contributed by atoms with Crippen LogP contribution in [0.15, 0.2) is 48.7 Å². The van der Waals surface area contributed by atoms with Gasteiger partial charge in [0.1, 0.15) is 17.9 Å². The van der Waals surface area contributed by atoms with E-state index in [1.54, 1.807) is 6.20 Å². The molecule has 7 rings (SSSR count). The molecular formula is C29H32N8O2. The van der Waals surface area contributed by atoms with Gasteiger partial charge in [-0.1, -0.05) is 18.2 Å². The number of likely N-dealkylation sites (N-methyl/N-ethyl adjacent to an activating group) is 2. The van der Waals surface area contributed by atoms with E-state index in [9.17, 15) is 4.79 Å². The number of likely N-dealkylation sites (tertiary alicyclic amines) is 1. The normalized spacial score (nSPS) is 19.5. The summed E-state index contributed by atoms with van der Waals surface area (Å²) in [6, 6.07) is 14.7. The van der Waals surface area contributed by atoms with Crippen molar-refractivity contribution in [3.05, 3.63) is 54.2 Å². The highest BCUT2D eigenvalue weighted by Crippen LogP contribution is 2.38. The van der Waals surface area contributed by atoms with Gasteiger partial charge in [-0.05, 0) is 45.4 Å². The first-order valence-electron chi connectivity index (χ1n) is 13.4. The van der Waals surface area contributed by atoms with Gasteiger partial charge in [-0.15, -0.1) is 0 Å². The zero-order valence-electron chi connectivity index (χ0n) is 22.5. The molecule has 10 nitrogen and oxygen atoms in total. The number of aromatic nitrogens is 4. The van der Waals surface area contributed by atoms with Crippen molar-refractivity contribution >= 4 is 22.8 Å². The van der Waals surface area contributed by atoms with Crippen LogP contribution >= 0.6 is 0 Å². The van der Waals surface area contributed by atoms with E-state index in [0.29, 0.717) is 35.4 Å². The maximum absolute atomic E-state index is 12.9. The molecule has 3 aliphatic heterocycles. The van der Waals surface area contributed by atoms with E-state index >= 15 is 0 Å². The van der Waals surface area contributed by atoms with Gasteiger partial charge in [-0.3, -0.25) is 9.89 Å².